The molecule has 0 saturated carbocycles. The molecular formula is C26H30ClN5O4. The Morgan fingerprint density at radius 3 is 2.64 bits per heavy atom. The molecule has 2 heterocycles. The fourth-order valence-corrected chi connectivity index (χ4v) is 4.14. The maximum atomic E-state index is 12.6. The minimum Gasteiger partial charge on any atom is -0.447 e. The molecule has 2 amide bonds. The molecule has 1 saturated heterocycles. The molecule has 0 bridgehead atoms. The Labute approximate surface area is 215 Å². The van der Waals surface area contributed by atoms with Crippen molar-refractivity contribution in [2.24, 2.45) is 0 Å². The van der Waals surface area contributed by atoms with Gasteiger partial charge in [-0.05, 0) is 23.1 Å². The summed E-state index contributed by atoms with van der Waals surface area (Å²) in [6, 6.07) is 16.6. The Morgan fingerprint density at radius 1 is 1.08 bits per heavy atom. The summed E-state index contributed by atoms with van der Waals surface area (Å²) >= 11 is 6.17. The number of fused-ring (bicyclic) bond motifs is 1. The first-order valence-electron chi connectivity index (χ1n) is 11.9. The van der Waals surface area contributed by atoms with Gasteiger partial charge in [-0.1, -0.05) is 54.1 Å². The molecule has 9 nitrogen and oxygen atoms in total. The second kappa shape index (κ2) is 13.2. The molecule has 1 aromatic heterocycles. The summed E-state index contributed by atoms with van der Waals surface area (Å²) in [5.41, 5.74) is 0.916. The highest BCUT2D eigenvalue weighted by Crippen LogP contribution is 2.16. The SMILES string of the molecule is O=C(CNCc1ccccc1Cl)N[C@H](COC(=O)Nc1cc2ccccc2cn1)CN1CCOCC1. The van der Waals surface area contributed by atoms with Crippen LogP contribution in [0.25, 0.3) is 10.8 Å². The van der Waals surface area contributed by atoms with Crippen LogP contribution < -0.4 is 16.0 Å². The molecule has 10 heteroatoms. The van der Waals surface area contributed by atoms with E-state index in [-0.39, 0.29) is 25.1 Å². The first kappa shape index (κ1) is 25.8. The molecule has 36 heavy (non-hydrogen) atoms. The predicted molar refractivity (Wildman–Crippen MR) is 139 cm³/mol. The van der Waals surface area contributed by atoms with E-state index < -0.39 is 6.09 Å². The van der Waals surface area contributed by atoms with Gasteiger partial charge in [-0.3, -0.25) is 15.0 Å². The Hall–Kier alpha value is -3.24. The van der Waals surface area contributed by atoms with Crippen molar-refractivity contribution in [3.63, 3.8) is 0 Å². The fraction of sp³-hybridized carbons (Fsp3) is 0.346. The van der Waals surface area contributed by atoms with E-state index >= 15 is 0 Å². The van der Waals surface area contributed by atoms with Crippen molar-refractivity contribution >= 4 is 40.2 Å². The average Bonchev–Trinajstić information content (AvgIpc) is 2.89. The molecule has 190 valence electrons. The van der Waals surface area contributed by atoms with E-state index in [0.717, 1.165) is 29.4 Å². The zero-order chi connectivity index (χ0) is 25.2. The third-order valence-electron chi connectivity index (χ3n) is 5.78. The molecule has 1 fully saturated rings. The number of morpholine rings is 1. The summed E-state index contributed by atoms with van der Waals surface area (Å²) in [7, 11) is 0. The van der Waals surface area contributed by atoms with Gasteiger partial charge in [0.25, 0.3) is 0 Å². The van der Waals surface area contributed by atoms with Crippen molar-refractivity contribution in [1.82, 2.24) is 20.5 Å². The molecular weight excluding hydrogens is 482 g/mol. The second-order valence-corrected chi connectivity index (χ2v) is 8.92. The van der Waals surface area contributed by atoms with E-state index in [1.165, 1.54) is 0 Å². The summed E-state index contributed by atoms with van der Waals surface area (Å²) in [6.45, 7) is 3.92. The normalized spacial score (nSPS) is 14.8. The van der Waals surface area contributed by atoms with Gasteiger partial charge in [-0.25, -0.2) is 9.78 Å². The summed E-state index contributed by atoms with van der Waals surface area (Å²) < 4.78 is 10.9. The highest BCUT2D eigenvalue weighted by atomic mass is 35.5. The molecule has 0 aliphatic carbocycles. The minimum absolute atomic E-state index is 0.0209. The van der Waals surface area contributed by atoms with Crippen LogP contribution in [-0.4, -0.2) is 73.9 Å². The van der Waals surface area contributed by atoms with E-state index in [0.29, 0.717) is 37.1 Å². The number of carbonyl (C=O) groups is 2. The summed E-state index contributed by atoms with van der Waals surface area (Å²) in [6.07, 6.45) is 1.07. The Balaban J connectivity index is 1.28. The van der Waals surface area contributed by atoms with Gasteiger partial charge in [0.1, 0.15) is 12.4 Å². The maximum Gasteiger partial charge on any atom is 0.412 e. The van der Waals surface area contributed by atoms with Gasteiger partial charge >= 0.3 is 6.09 Å². The standard InChI is InChI=1S/C26H30ClN5O4/c27-23-8-4-3-7-21(23)14-28-16-25(33)30-22(17-32-9-11-35-12-10-32)18-36-26(34)31-24-13-19-5-1-2-6-20(19)15-29-24/h1-8,13,15,22,28H,9-12,14,16-18H2,(H,30,33)(H,29,31,34)/t22-/m0/s1. The number of anilines is 1. The van der Waals surface area contributed by atoms with E-state index in [1.807, 2.05) is 48.5 Å². The first-order valence-corrected chi connectivity index (χ1v) is 12.3. The lowest BCUT2D eigenvalue weighted by Crippen LogP contribution is -2.51. The number of hydrogen-bond acceptors (Lipinski definition) is 7. The van der Waals surface area contributed by atoms with Crippen molar-refractivity contribution < 1.29 is 19.1 Å². The number of nitrogens with one attached hydrogen (secondary N) is 3. The molecule has 2 aromatic carbocycles. The highest BCUT2D eigenvalue weighted by molar-refractivity contribution is 6.31. The van der Waals surface area contributed by atoms with Crippen molar-refractivity contribution in [1.29, 1.82) is 0 Å². The molecule has 0 spiro atoms. The third-order valence-corrected chi connectivity index (χ3v) is 6.15. The van der Waals surface area contributed by atoms with Gasteiger partial charge in [0.05, 0.1) is 25.8 Å². The van der Waals surface area contributed by atoms with Crippen molar-refractivity contribution in [2.75, 3.05) is 51.3 Å². The van der Waals surface area contributed by atoms with Gasteiger partial charge in [0, 0.05) is 42.8 Å². The highest BCUT2D eigenvalue weighted by Gasteiger charge is 2.20. The largest absolute Gasteiger partial charge is 0.447 e. The number of benzene rings is 2. The zero-order valence-electron chi connectivity index (χ0n) is 19.9. The average molecular weight is 512 g/mol. The van der Waals surface area contributed by atoms with Crippen LogP contribution in [0.2, 0.25) is 5.02 Å². The van der Waals surface area contributed by atoms with Crippen LogP contribution >= 0.6 is 11.6 Å². The van der Waals surface area contributed by atoms with E-state index in [1.54, 1.807) is 12.3 Å². The lowest BCUT2D eigenvalue weighted by atomic mass is 10.2. The number of hydrogen-bond donors (Lipinski definition) is 3. The number of pyridine rings is 1. The maximum absolute atomic E-state index is 12.6. The molecule has 1 aliphatic rings. The minimum atomic E-state index is -0.629. The van der Waals surface area contributed by atoms with E-state index in [4.69, 9.17) is 21.1 Å². The van der Waals surface area contributed by atoms with Gasteiger partial charge in [0.15, 0.2) is 0 Å². The predicted octanol–water partition coefficient (Wildman–Crippen LogP) is 3.04. The van der Waals surface area contributed by atoms with Crippen molar-refractivity contribution in [3.8, 4) is 0 Å². The number of ether oxygens (including phenoxy) is 2. The number of aromatic nitrogens is 1. The Morgan fingerprint density at radius 2 is 1.83 bits per heavy atom. The third kappa shape index (κ3) is 7.89. The molecule has 4 rings (SSSR count). The molecule has 0 unspecified atom stereocenters. The molecule has 3 N–H and O–H groups in total. The van der Waals surface area contributed by atoms with Crippen molar-refractivity contribution in [2.45, 2.75) is 12.6 Å². The monoisotopic (exact) mass is 511 g/mol. The van der Waals surface area contributed by atoms with E-state index in [9.17, 15) is 9.59 Å². The van der Waals surface area contributed by atoms with E-state index in [2.05, 4.69) is 25.8 Å². The Bertz CT molecular complexity index is 1170. The van der Waals surface area contributed by atoms with Crippen LogP contribution in [0, 0.1) is 0 Å². The van der Waals surface area contributed by atoms with Crippen LogP contribution in [0.1, 0.15) is 5.56 Å². The lowest BCUT2D eigenvalue weighted by Gasteiger charge is -2.30. The number of nitrogens with zero attached hydrogens (tertiary/aromatic N) is 2. The van der Waals surface area contributed by atoms with Crippen LogP contribution in [0.4, 0.5) is 10.6 Å². The molecule has 3 aromatic rings. The summed E-state index contributed by atoms with van der Waals surface area (Å²) in [5.74, 6) is 0.205. The second-order valence-electron chi connectivity index (χ2n) is 8.51. The van der Waals surface area contributed by atoms with Gasteiger partial charge in [0.2, 0.25) is 5.91 Å². The summed E-state index contributed by atoms with van der Waals surface area (Å²) in [4.78, 5) is 31.5. The first-order chi connectivity index (χ1) is 17.6. The number of rotatable bonds is 10. The van der Waals surface area contributed by atoms with Gasteiger partial charge < -0.3 is 20.1 Å². The van der Waals surface area contributed by atoms with Crippen molar-refractivity contribution in [3.05, 3.63) is 71.4 Å². The zero-order valence-corrected chi connectivity index (χ0v) is 20.7. The quantitative estimate of drug-likeness (QED) is 0.384. The fourth-order valence-electron chi connectivity index (χ4n) is 3.94. The van der Waals surface area contributed by atoms with Gasteiger partial charge in [-0.2, -0.15) is 0 Å². The van der Waals surface area contributed by atoms with Crippen LogP contribution in [0.15, 0.2) is 60.8 Å². The molecule has 0 radical (unpaired) electrons. The van der Waals surface area contributed by atoms with Crippen LogP contribution in [0.3, 0.4) is 0 Å². The number of amides is 2. The molecule has 1 aliphatic heterocycles. The van der Waals surface area contributed by atoms with Crippen LogP contribution in [-0.2, 0) is 20.8 Å². The molecule has 1 atom stereocenters. The van der Waals surface area contributed by atoms with Gasteiger partial charge in [-0.15, -0.1) is 0 Å². The number of carbonyl (C=O) groups excluding carboxylic acids is 2. The summed E-state index contributed by atoms with van der Waals surface area (Å²) in [5, 5.41) is 11.3. The Kier molecular flexibility index (Phi) is 9.46. The topological polar surface area (TPSA) is 105 Å². The lowest BCUT2D eigenvalue weighted by molar-refractivity contribution is -0.121. The smallest absolute Gasteiger partial charge is 0.412 e. The number of halogens is 1. The van der Waals surface area contributed by atoms with Crippen LogP contribution in [0.5, 0.6) is 0 Å².